The third-order valence-corrected chi connectivity index (χ3v) is 2.27. The predicted octanol–water partition coefficient (Wildman–Crippen LogP) is 2.15. The van der Waals surface area contributed by atoms with E-state index in [1.807, 2.05) is 0 Å². The van der Waals surface area contributed by atoms with E-state index in [0.717, 1.165) is 5.56 Å². The van der Waals surface area contributed by atoms with E-state index in [1.165, 1.54) is 18.3 Å². The lowest BCUT2D eigenvalue weighted by Gasteiger charge is -2.04. The van der Waals surface area contributed by atoms with Gasteiger partial charge in [0.05, 0.1) is 5.56 Å². The molecule has 0 radical (unpaired) electrons. The summed E-state index contributed by atoms with van der Waals surface area (Å²) in [5.41, 5.74) is 1.21. The monoisotopic (exact) mass is 230 g/mol. The highest BCUT2D eigenvalue weighted by molar-refractivity contribution is 5.93. The second-order valence-corrected chi connectivity index (χ2v) is 3.55. The number of aromatic nitrogens is 1. The Bertz CT molecular complexity index is 514. The summed E-state index contributed by atoms with van der Waals surface area (Å²) in [7, 11) is 0. The van der Waals surface area contributed by atoms with E-state index in [-0.39, 0.29) is 11.7 Å². The zero-order chi connectivity index (χ0) is 12.1. The van der Waals surface area contributed by atoms with Crippen LogP contribution in [0.15, 0.2) is 48.8 Å². The highest BCUT2D eigenvalue weighted by Crippen LogP contribution is 2.03. The Morgan fingerprint density at radius 2 is 2.18 bits per heavy atom. The maximum Gasteiger partial charge on any atom is 0.253 e. The van der Waals surface area contributed by atoms with E-state index in [1.54, 1.807) is 30.5 Å². The molecular weight excluding hydrogens is 219 g/mol. The van der Waals surface area contributed by atoms with E-state index in [4.69, 9.17) is 0 Å². The molecule has 3 nitrogen and oxygen atoms in total. The quantitative estimate of drug-likeness (QED) is 0.877. The summed E-state index contributed by atoms with van der Waals surface area (Å²) >= 11 is 0. The van der Waals surface area contributed by atoms with Gasteiger partial charge in [-0.2, -0.15) is 0 Å². The van der Waals surface area contributed by atoms with Gasteiger partial charge in [0.25, 0.3) is 5.91 Å². The Morgan fingerprint density at radius 3 is 2.88 bits per heavy atom. The van der Waals surface area contributed by atoms with Gasteiger partial charge in [-0.15, -0.1) is 0 Å². The summed E-state index contributed by atoms with van der Waals surface area (Å²) in [6.07, 6.45) is 3.09. The molecule has 2 aromatic rings. The molecule has 1 aromatic heterocycles. The first-order chi connectivity index (χ1) is 8.25. The smallest absolute Gasteiger partial charge is 0.253 e. The number of halogens is 1. The standard InChI is InChI=1S/C13H11FN2O/c14-12-5-1-3-10(7-12)8-16-13(17)11-4-2-6-15-9-11/h1-7,9H,8H2,(H,16,17). The summed E-state index contributed by atoms with van der Waals surface area (Å²) in [5.74, 6) is -0.527. The molecule has 1 heterocycles. The Hall–Kier alpha value is -2.23. The average molecular weight is 230 g/mol. The Kier molecular flexibility index (Phi) is 3.45. The number of hydrogen-bond donors (Lipinski definition) is 1. The van der Waals surface area contributed by atoms with E-state index < -0.39 is 0 Å². The van der Waals surface area contributed by atoms with Gasteiger partial charge in [0, 0.05) is 18.9 Å². The maximum atomic E-state index is 12.9. The van der Waals surface area contributed by atoms with Crippen LogP contribution >= 0.6 is 0 Å². The number of carbonyl (C=O) groups excluding carboxylic acids is 1. The van der Waals surface area contributed by atoms with Crippen LogP contribution in [0.1, 0.15) is 15.9 Å². The van der Waals surface area contributed by atoms with Gasteiger partial charge in [0.15, 0.2) is 0 Å². The van der Waals surface area contributed by atoms with Crippen LogP contribution in [-0.4, -0.2) is 10.9 Å². The maximum absolute atomic E-state index is 12.9. The van der Waals surface area contributed by atoms with E-state index in [0.29, 0.717) is 12.1 Å². The van der Waals surface area contributed by atoms with Crippen molar-refractivity contribution in [2.45, 2.75) is 6.54 Å². The Morgan fingerprint density at radius 1 is 1.29 bits per heavy atom. The number of nitrogens with zero attached hydrogens (tertiary/aromatic N) is 1. The molecular formula is C13H11FN2O. The van der Waals surface area contributed by atoms with E-state index in [2.05, 4.69) is 10.3 Å². The van der Waals surface area contributed by atoms with Gasteiger partial charge in [0.1, 0.15) is 5.82 Å². The Labute approximate surface area is 98.3 Å². The first kappa shape index (κ1) is 11.3. The van der Waals surface area contributed by atoms with E-state index >= 15 is 0 Å². The van der Waals surface area contributed by atoms with Crippen LogP contribution in [-0.2, 0) is 6.54 Å². The summed E-state index contributed by atoms with van der Waals surface area (Å²) in [5, 5.41) is 2.70. The fraction of sp³-hybridized carbons (Fsp3) is 0.0769. The molecule has 0 fully saturated rings. The molecule has 2 rings (SSSR count). The molecule has 0 aliphatic heterocycles. The third kappa shape index (κ3) is 3.11. The summed E-state index contributed by atoms with van der Waals surface area (Å²) < 4.78 is 12.9. The van der Waals surface area contributed by atoms with Crippen molar-refractivity contribution in [1.29, 1.82) is 0 Å². The molecule has 4 heteroatoms. The van der Waals surface area contributed by atoms with Crippen LogP contribution in [0.4, 0.5) is 4.39 Å². The molecule has 0 saturated carbocycles. The zero-order valence-corrected chi connectivity index (χ0v) is 9.06. The minimum Gasteiger partial charge on any atom is -0.348 e. The highest BCUT2D eigenvalue weighted by atomic mass is 19.1. The van der Waals surface area contributed by atoms with Crippen molar-refractivity contribution >= 4 is 5.91 Å². The van der Waals surface area contributed by atoms with Crippen LogP contribution < -0.4 is 5.32 Å². The number of carbonyl (C=O) groups is 1. The van der Waals surface area contributed by atoms with Crippen molar-refractivity contribution in [2.75, 3.05) is 0 Å². The fourth-order valence-corrected chi connectivity index (χ4v) is 1.43. The lowest BCUT2D eigenvalue weighted by atomic mass is 10.2. The topological polar surface area (TPSA) is 42.0 Å². The van der Waals surface area contributed by atoms with Crippen LogP contribution in [0.2, 0.25) is 0 Å². The van der Waals surface area contributed by atoms with Gasteiger partial charge < -0.3 is 5.32 Å². The lowest BCUT2D eigenvalue weighted by molar-refractivity contribution is 0.0950. The average Bonchev–Trinajstić information content (AvgIpc) is 2.37. The van der Waals surface area contributed by atoms with Crippen LogP contribution in [0.25, 0.3) is 0 Å². The van der Waals surface area contributed by atoms with Crippen molar-refractivity contribution in [3.8, 4) is 0 Å². The molecule has 0 spiro atoms. The summed E-state index contributed by atoms with van der Waals surface area (Å²) in [4.78, 5) is 15.5. The molecule has 0 atom stereocenters. The minimum atomic E-state index is -0.307. The van der Waals surface area contributed by atoms with Crippen LogP contribution in [0.3, 0.4) is 0 Å². The molecule has 1 aromatic carbocycles. The fourth-order valence-electron chi connectivity index (χ4n) is 1.43. The zero-order valence-electron chi connectivity index (χ0n) is 9.06. The molecule has 1 N–H and O–H groups in total. The van der Waals surface area contributed by atoms with Gasteiger partial charge in [-0.3, -0.25) is 9.78 Å². The van der Waals surface area contributed by atoms with E-state index in [9.17, 15) is 9.18 Å². The van der Waals surface area contributed by atoms with Crippen molar-refractivity contribution < 1.29 is 9.18 Å². The van der Waals surface area contributed by atoms with Gasteiger partial charge in [0.2, 0.25) is 0 Å². The molecule has 0 saturated heterocycles. The molecule has 0 bridgehead atoms. The van der Waals surface area contributed by atoms with Crippen molar-refractivity contribution in [3.63, 3.8) is 0 Å². The molecule has 0 unspecified atom stereocenters. The van der Waals surface area contributed by atoms with Gasteiger partial charge >= 0.3 is 0 Å². The molecule has 0 aliphatic carbocycles. The normalized spacial score (nSPS) is 9.94. The predicted molar refractivity (Wildman–Crippen MR) is 61.8 cm³/mol. The first-order valence-electron chi connectivity index (χ1n) is 5.18. The molecule has 0 aliphatic rings. The molecule has 86 valence electrons. The van der Waals surface area contributed by atoms with Crippen molar-refractivity contribution in [2.24, 2.45) is 0 Å². The van der Waals surface area contributed by atoms with Crippen LogP contribution in [0.5, 0.6) is 0 Å². The lowest BCUT2D eigenvalue weighted by Crippen LogP contribution is -2.22. The van der Waals surface area contributed by atoms with Gasteiger partial charge in [-0.1, -0.05) is 12.1 Å². The minimum absolute atomic E-state index is 0.220. The first-order valence-corrected chi connectivity index (χ1v) is 5.18. The van der Waals surface area contributed by atoms with Gasteiger partial charge in [-0.25, -0.2) is 4.39 Å². The summed E-state index contributed by atoms with van der Waals surface area (Å²) in [6, 6.07) is 9.49. The second kappa shape index (κ2) is 5.21. The summed E-state index contributed by atoms with van der Waals surface area (Å²) in [6.45, 7) is 0.297. The number of pyridine rings is 1. The Balaban J connectivity index is 1.97. The number of benzene rings is 1. The SMILES string of the molecule is O=C(NCc1cccc(F)c1)c1cccnc1. The number of amides is 1. The largest absolute Gasteiger partial charge is 0.348 e. The number of hydrogen-bond acceptors (Lipinski definition) is 2. The third-order valence-electron chi connectivity index (χ3n) is 2.27. The second-order valence-electron chi connectivity index (χ2n) is 3.55. The molecule has 1 amide bonds. The number of rotatable bonds is 3. The van der Waals surface area contributed by atoms with Crippen molar-refractivity contribution in [1.82, 2.24) is 10.3 Å². The van der Waals surface area contributed by atoms with Crippen LogP contribution in [0, 0.1) is 5.82 Å². The molecule has 17 heavy (non-hydrogen) atoms. The van der Waals surface area contributed by atoms with Crippen molar-refractivity contribution in [3.05, 3.63) is 65.7 Å². The van der Waals surface area contributed by atoms with Gasteiger partial charge in [-0.05, 0) is 29.8 Å². The highest BCUT2D eigenvalue weighted by Gasteiger charge is 2.04. The number of nitrogens with one attached hydrogen (secondary N) is 1.